The van der Waals surface area contributed by atoms with Crippen LogP contribution in [0.4, 0.5) is 0 Å². The van der Waals surface area contributed by atoms with Crippen LogP contribution in [-0.4, -0.2) is 18.0 Å². The van der Waals surface area contributed by atoms with Gasteiger partial charge in [0.25, 0.3) is 0 Å². The van der Waals surface area contributed by atoms with E-state index in [9.17, 15) is 0 Å². The summed E-state index contributed by atoms with van der Waals surface area (Å²) in [5.41, 5.74) is 8.94. The van der Waals surface area contributed by atoms with Crippen LogP contribution in [0.15, 0.2) is 132 Å². The summed E-state index contributed by atoms with van der Waals surface area (Å²) in [7, 11) is -1.23. The van der Waals surface area contributed by atoms with Crippen molar-refractivity contribution in [1.82, 2.24) is 9.97 Å². The summed E-state index contributed by atoms with van der Waals surface area (Å²) in [6.45, 7) is 12.8. The molecule has 5 aromatic carbocycles. The van der Waals surface area contributed by atoms with Crippen molar-refractivity contribution in [3.63, 3.8) is 0 Å². The van der Waals surface area contributed by atoms with Gasteiger partial charge >= 0.3 is 0 Å². The topological polar surface area (TPSA) is 38.9 Å². The molecular formula is C46H42IrN2OSi-2. The van der Waals surface area contributed by atoms with Gasteiger partial charge in [-0.15, -0.1) is 53.6 Å². The number of hydrogen-bond donors (Lipinski definition) is 0. The number of hydrogen-bond acceptors (Lipinski definition) is 3. The van der Waals surface area contributed by atoms with Gasteiger partial charge in [-0.1, -0.05) is 124 Å². The molecule has 0 aliphatic rings. The van der Waals surface area contributed by atoms with Crippen LogP contribution in [0.1, 0.15) is 27.7 Å². The van der Waals surface area contributed by atoms with Crippen LogP contribution in [0.3, 0.4) is 0 Å². The second-order valence-corrected chi connectivity index (χ2v) is 19.2. The fourth-order valence-electron chi connectivity index (χ4n) is 6.32. The first kappa shape index (κ1) is 33.5. The number of aromatic nitrogens is 2. The van der Waals surface area contributed by atoms with E-state index in [1.54, 1.807) is 12.3 Å². The van der Waals surface area contributed by atoms with Gasteiger partial charge in [0.2, 0.25) is 0 Å². The first-order valence-corrected chi connectivity index (χ1v) is 20.7. The third kappa shape index (κ3) is 7.97. The maximum absolute atomic E-state index is 8.54. The zero-order valence-electron chi connectivity index (χ0n) is 31.8. The third-order valence-electron chi connectivity index (χ3n) is 8.82. The van der Waals surface area contributed by atoms with Gasteiger partial charge < -0.3 is 14.4 Å². The number of nitrogens with zero attached hydrogens (tertiary/aromatic N) is 2. The summed E-state index contributed by atoms with van der Waals surface area (Å²) in [6.07, 6.45) is 2.23. The van der Waals surface area contributed by atoms with Crippen molar-refractivity contribution in [3.8, 4) is 33.6 Å². The summed E-state index contributed by atoms with van der Waals surface area (Å²) in [4.78, 5) is 9.10. The van der Waals surface area contributed by atoms with Gasteiger partial charge in [-0.25, -0.2) is 0 Å². The summed E-state index contributed by atoms with van der Waals surface area (Å²) in [5.74, 6) is -0.159. The summed E-state index contributed by atoms with van der Waals surface area (Å²) < 4.78 is 23.5. The Morgan fingerprint density at radius 3 is 2.33 bits per heavy atom. The van der Waals surface area contributed by atoms with Crippen LogP contribution in [0.2, 0.25) is 19.6 Å². The molecule has 0 atom stereocenters. The minimum Gasteiger partial charge on any atom is -0.501 e. The molecule has 0 unspecified atom stereocenters. The molecule has 8 aromatic rings. The number of aryl methyl sites for hydroxylation is 1. The fourth-order valence-corrected chi connectivity index (χ4v) is 7.35. The first-order chi connectivity index (χ1) is 24.9. The molecular weight excluding hydrogens is 817 g/mol. The van der Waals surface area contributed by atoms with Crippen LogP contribution in [0, 0.1) is 25.0 Å². The summed E-state index contributed by atoms with van der Waals surface area (Å²) in [6, 6.07) is 45.7. The Morgan fingerprint density at radius 1 is 0.784 bits per heavy atom. The van der Waals surface area contributed by atoms with Gasteiger partial charge in [-0.2, -0.15) is 0 Å². The molecule has 3 aromatic heterocycles. The van der Waals surface area contributed by atoms with E-state index in [0.717, 1.165) is 49.9 Å². The number of fused-ring (bicyclic) bond motifs is 4. The van der Waals surface area contributed by atoms with Crippen LogP contribution in [-0.2, 0) is 26.5 Å². The van der Waals surface area contributed by atoms with Crippen molar-refractivity contribution in [2.24, 2.45) is 5.92 Å². The molecule has 3 nitrogen and oxygen atoms in total. The molecule has 0 saturated carbocycles. The van der Waals surface area contributed by atoms with E-state index in [1.807, 2.05) is 63.4 Å². The minimum atomic E-state index is -1.46. The first-order valence-electron chi connectivity index (χ1n) is 18.2. The molecule has 8 rings (SSSR count). The Balaban J connectivity index is 0.000000238. The van der Waals surface area contributed by atoms with E-state index in [4.69, 9.17) is 7.16 Å². The quantitative estimate of drug-likeness (QED) is 0.123. The molecule has 3 heterocycles. The molecule has 0 spiro atoms. The standard InChI is InChI=1S/C32H26NO.C14H16NSi.Ir/c1-20(2)15-22-13-14-33-30(18-22)29-17-21(3)16-28-27-19-24(11-12-31(27)34-32(28)29)26-10-6-8-23-7-4-5-9-25(23)26;1-16(2,3)13-9-10-14(15-11-13)12-7-5-4-6-8-12;/h4-14,16,18-20H,15H2,1-3H3;4-7,9-11H,1-3H3;/q2*-1;/i15D2;;. The Bertz CT molecular complexity index is 2520. The largest absolute Gasteiger partial charge is 0.501 e. The monoisotopic (exact) mass is 861 g/mol. The van der Waals surface area contributed by atoms with Crippen molar-refractivity contribution < 1.29 is 27.3 Å². The SMILES string of the molecule is C[Si](C)(C)c1ccc(-c2[c-]cccc2)nc1.[2H]C([2H])(c1ccnc(-c2[c-]c(C)cc3c2oc2ccc(-c4cccc5ccccc45)cc23)c1)C(C)C.[Ir]. The van der Waals surface area contributed by atoms with Gasteiger partial charge in [-0.05, 0) is 69.0 Å². The zero-order chi connectivity index (χ0) is 36.6. The fraction of sp³-hybridized carbons (Fsp3) is 0.174. The normalized spacial score (nSPS) is 12.3. The predicted octanol–water partition coefficient (Wildman–Crippen LogP) is 11.9. The number of benzene rings is 5. The van der Waals surface area contributed by atoms with Crippen LogP contribution < -0.4 is 5.19 Å². The van der Waals surface area contributed by atoms with E-state index in [1.165, 1.54) is 21.5 Å². The van der Waals surface area contributed by atoms with Crippen LogP contribution >= 0.6 is 0 Å². The minimum absolute atomic E-state index is 0. The Morgan fingerprint density at radius 2 is 1.59 bits per heavy atom. The average molecular weight is 861 g/mol. The second-order valence-electron chi connectivity index (χ2n) is 14.1. The van der Waals surface area contributed by atoms with Crippen molar-refractivity contribution in [2.45, 2.75) is 46.8 Å². The van der Waals surface area contributed by atoms with Gasteiger partial charge in [0.15, 0.2) is 0 Å². The van der Waals surface area contributed by atoms with Gasteiger partial charge in [-0.3, -0.25) is 0 Å². The van der Waals surface area contributed by atoms with Gasteiger partial charge in [0.1, 0.15) is 5.58 Å². The van der Waals surface area contributed by atoms with Crippen molar-refractivity contribution in [1.29, 1.82) is 0 Å². The average Bonchev–Trinajstić information content (AvgIpc) is 3.52. The molecule has 0 aliphatic carbocycles. The summed E-state index contributed by atoms with van der Waals surface area (Å²) >= 11 is 0. The molecule has 51 heavy (non-hydrogen) atoms. The second kappa shape index (κ2) is 15.3. The molecule has 0 bridgehead atoms. The molecule has 257 valence electrons. The van der Waals surface area contributed by atoms with Crippen LogP contribution in [0.5, 0.6) is 0 Å². The van der Waals surface area contributed by atoms with Crippen molar-refractivity contribution in [3.05, 3.63) is 151 Å². The summed E-state index contributed by atoms with van der Waals surface area (Å²) in [5, 5.41) is 5.89. The number of pyridine rings is 2. The molecule has 0 fully saturated rings. The van der Waals surface area contributed by atoms with Crippen molar-refractivity contribution >= 4 is 46.0 Å². The predicted molar refractivity (Wildman–Crippen MR) is 213 cm³/mol. The molecule has 0 N–H and O–H groups in total. The van der Waals surface area contributed by atoms with Crippen molar-refractivity contribution in [2.75, 3.05) is 0 Å². The van der Waals surface area contributed by atoms with Gasteiger partial charge in [0.05, 0.1) is 13.7 Å². The molecule has 0 aliphatic heterocycles. The Kier molecular flexibility index (Phi) is 10.0. The smallest absolute Gasteiger partial charge is 0.120 e. The number of furan rings is 1. The van der Waals surface area contributed by atoms with Crippen LogP contribution in [0.25, 0.3) is 66.4 Å². The van der Waals surface area contributed by atoms with E-state index >= 15 is 0 Å². The van der Waals surface area contributed by atoms with E-state index in [0.29, 0.717) is 11.3 Å². The molecule has 0 saturated heterocycles. The van der Waals surface area contributed by atoms with E-state index < -0.39 is 14.4 Å². The molecule has 5 heteroatoms. The van der Waals surface area contributed by atoms with E-state index in [2.05, 4.69) is 115 Å². The van der Waals surface area contributed by atoms with E-state index in [-0.39, 0.29) is 26.0 Å². The molecule has 0 amide bonds. The Labute approximate surface area is 319 Å². The Hall–Kier alpha value is -4.67. The zero-order valence-corrected chi connectivity index (χ0v) is 33.2. The maximum atomic E-state index is 8.54. The maximum Gasteiger partial charge on any atom is 0.120 e. The third-order valence-corrected chi connectivity index (χ3v) is 10.9. The number of rotatable bonds is 6. The van der Waals surface area contributed by atoms with Gasteiger partial charge in [0, 0.05) is 40.6 Å². The molecule has 1 radical (unpaired) electrons.